The SMILES string of the molecule is CC(Sc1nnnn1Cc1ccco1)C(=O)Nc1ccccc1C(C)C. The highest BCUT2D eigenvalue weighted by Gasteiger charge is 2.20. The smallest absolute Gasteiger partial charge is 0.237 e. The summed E-state index contributed by atoms with van der Waals surface area (Å²) in [6.45, 7) is 6.47. The van der Waals surface area contributed by atoms with Crippen LogP contribution in [-0.2, 0) is 11.3 Å². The summed E-state index contributed by atoms with van der Waals surface area (Å²) in [5, 5.41) is 14.9. The van der Waals surface area contributed by atoms with Gasteiger partial charge in [0.05, 0.1) is 11.5 Å². The Kier molecular flexibility index (Phi) is 5.72. The second-order valence-corrected chi connectivity index (χ2v) is 7.50. The second kappa shape index (κ2) is 8.18. The number of nitrogens with one attached hydrogen (secondary N) is 1. The van der Waals surface area contributed by atoms with Crippen molar-refractivity contribution in [2.75, 3.05) is 5.32 Å². The molecule has 136 valence electrons. The number of para-hydroxylation sites is 1. The number of carbonyl (C=O) groups is 1. The average molecular weight is 371 g/mol. The van der Waals surface area contributed by atoms with Gasteiger partial charge in [-0.1, -0.05) is 43.8 Å². The van der Waals surface area contributed by atoms with E-state index in [4.69, 9.17) is 4.42 Å². The van der Waals surface area contributed by atoms with Gasteiger partial charge in [0.2, 0.25) is 11.1 Å². The third-order valence-corrected chi connectivity index (χ3v) is 4.95. The molecule has 0 spiro atoms. The van der Waals surface area contributed by atoms with Gasteiger partial charge in [-0.25, -0.2) is 4.68 Å². The first-order valence-corrected chi connectivity index (χ1v) is 9.27. The molecule has 8 heteroatoms. The minimum atomic E-state index is -0.350. The van der Waals surface area contributed by atoms with Crippen LogP contribution >= 0.6 is 11.8 Å². The quantitative estimate of drug-likeness (QED) is 0.639. The van der Waals surface area contributed by atoms with E-state index in [0.717, 1.165) is 17.0 Å². The molecular formula is C18H21N5O2S. The molecule has 2 aromatic heterocycles. The molecule has 0 aliphatic heterocycles. The lowest BCUT2D eigenvalue weighted by molar-refractivity contribution is -0.115. The third-order valence-electron chi connectivity index (χ3n) is 3.88. The van der Waals surface area contributed by atoms with Crippen molar-refractivity contribution in [2.24, 2.45) is 0 Å². The molecule has 1 aromatic carbocycles. The molecule has 0 aliphatic carbocycles. The van der Waals surface area contributed by atoms with Crippen molar-refractivity contribution in [3.63, 3.8) is 0 Å². The average Bonchev–Trinajstić information content (AvgIpc) is 3.28. The van der Waals surface area contributed by atoms with E-state index in [1.54, 1.807) is 10.9 Å². The number of furan rings is 1. The molecule has 3 aromatic rings. The van der Waals surface area contributed by atoms with Crippen molar-refractivity contribution < 1.29 is 9.21 Å². The van der Waals surface area contributed by atoms with Crippen LogP contribution in [0.15, 0.2) is 52.2 Å². The summed E-state index contributed by atoms with van der Waals surface area (Å²) >= 11 is 1.31. The predicted octanol–water partition coefficient (Wildman–Crippen LogP) is 3.56. The van der Waals surface area contributed by atoms with Crippen LogP contribution in [0, 0.1) is 0 Å². The molecule has 0 bridgehead atoms. The molecule has 3 rings (SSSR count). The van der Waals surface area contributed by atoms with Crippen LogP contribution in [0.5, 0.6) is 0 Å². The van der Waals surface area contributed by atoms with Gasteiger partial charge < -0.3 is 9.73 Å². The Bertz CT molecular complexity index is 860. The maximum Gasteiger partial charge on any atom is 0.237 e. The Balaban J connectivity index is 1.66. The Morgan fingerprint density at radius 2 is 2.04 bits per heavy atom. The largest absolute Gasteiger partial charge is 0.467 e. The molecule has 26 heavy (non-hydrogen) atoms. The molecule has 0 saturated heterocycles. The van der Waals surface area contributed by atoms with Crippen LogP contribution in [0.4, 0.5) is 5.69 Å². The van der Waals surface area contributed by atoms with E-state index in [0.29, 0.717) is 17.6 Å². The summed E-state index contributed by atoms with van der Waals surface area (Å²) < 4.78 is 6.94. The molecule has 2 heterocycles. The fourth-order valence-electron chi connectivity index (χ4n) is 2.49. The van der Waals surface area contributed by atoms with E-state index >= 15 is 0 Å². The van der Waals surface area contributed by atoms with E-state index in [1.165, 1.54) is 11.8 Å². The molecule has 7 nitrogen and oxygen atoms in total. The summed E-state index contributed by atoms with van der Waals surface area (Å²) in [4.78, 5) is 12.6. The highest BCUT2D eigenvalue weighted by molar-refractivity contribution is 8.00. The van der Waals surface area contributed by atoms with Crippen molar-refractivity contribution in [2.45, 2.75) is 43.6 Å². The van der Waals surface area contributed by atoms with Gasteiger partial charge in [0, 0.05) is 5.69 Å². The standard InChI is InChI=1S/C18H21N5O2S/c1-12(2)15-8-4-5-9-16(15)19-17(24)13(3)26-18-20-21-22-23(18)11-14-7-6-10-25-14/h4-10,12-13H,11H2,1-3H3,(H,19,24). The minimum absolute atomic E-state index is 0.0874. The molecule has 1 unspecified atom stereocenters. The Morgan fingerprint density at radius 1 is 1.23 bits per heavy atom. The number of carbonyl (C=O) groups excluding carboxylic acids is 1. The summed E-state index contributed by atoms with van der Waals surface area (Å²) in [5.41, 5.74) is 1.95. The van der Waals surface area contributed by atoms with Gasteiger partial charge in [0.25, 0.3) is 0 Å². The number of anilines is 1. The van der Waals surface area contributed by atoms with Crippen LogP contribution in [0.1, 0.15) is 38.0 Å². The number of rotatable bonds is 7. The number of tetrazole rings is 1. The van der Waals surface area contributed by atoms with Gasteiger partial charge >= 0.3 is 0 Å². The summed E-state index contributed by atoms with van der Waals surface area (Å²) in [6, 6.07) is 11.5. The number of hydrogen-bond acceptors (Lipinski definition) is 6. The number of aromatic nitrogens is 4. The number of thioether (sulfide) groups is 1. The van der Waals surface area contributed by atoms with E-state index in [9.17, 15) is 4.79 Å². The van der Waals surface area contributed by atoms with Gasteiger partial charge in [-0.3, -0.25) is 4.79 Å². The van der Waals surface area contributed by atoms with Crippen LogP contribution in [0.3, 0.4) is 0 Å². The second-order valence-electron chi connectivity index (χ2n) is 6.19. The zero-order chi connectivity index (χ0) is 18.5. The molecule has 1 N–H and O–H groups in total. The molecule has 1 atom stereocenters. The zero-order valence-corrected chi connectivity index (χ0v) is 15.7. The van der Waals surface area contributed by atoms with Crippen LogP contribution in [0.25, 0.3) is 0 Å². The van der Waals surface area contributed by atoms with Gasteiger partial charge in [-0.15, -0.1) is 5.10 Å². The fourth-order valence-corrected chi connectivity index (χ4v) is 3.28. The Labute approximate surface area is 156 Å². The van der Waals surface area contributed by atoms with E-state index in [-0.39, 0.29) is 11.2 Å². The lowest BCUT2D eigenvalue weighted by atomic mass is 10.0. The zero-order valence-electron chi connectivity index (χ0n) is 14.9. The molecular weight excluding hydrogens is 350 g/mol. The third kappa shape index (κ3) is 4.32. The van der Waals surface area contributed by atoms with E-state index in [2.05, 4.69) is 34.7 Å². The number of hydrogen-bond donors (Lipinski definition) is 1. The summed E-state index contributed by atoms with van der Waals surface area (Å²) in [5.74, 6) is 0.993. The topological polar surface area (TPSA) is 85.8 Å². The first kappa shape index (κ1) is 18.2. The van der Waals surface area contributed by atoms with Crippen LogP contribution in [-0.4, -0.2) is 31.4 Å². The normalized spacial score (nSPS) is 12.3. The highest BCUT2D eigenvalue weighted by Crippen LogP contribution is 2.26. The fraction of sp³-hybridized carbons (Fsp3) is 0.333. The van der Waals surface area contributed by atoms with Crippen molar-refractivity contribution in [3.05, 3.63) is 54.0 Å². The number of amides is 1. The number of nitrogens with zero attached hydrogens (tertiary/aromatic N) is 4. The van der Waals surface area contributed by atoms with Crippen molar-refractivity contribution >= 4 is 23.4 Å². The van der Waals surface area contributed by atoms with Crippen molar-refractivity contribution in [3.8, 4) is 0 Å². The molecule has 0 saturated carbocycles. The number of benzene rings is 1. The predicted molar refractivity (Wildman–Crippen MR) is 100 cm³/mol. The monoisotopic (exact) mass is 371 g/mol. The molecule has 0 fully saturated rings. The van der Waals surface area contributed by atoms with Crippen LogP contribution in [0.2, 0.25) is 0 Å². The summed E-state index contributed by atoms with van der Waals surface area (Å²) in [6.07, 6.45) is 1.61. The van der Waals surface area contributed by atoms with Gasteiger partial charge in [-0.2, -0.15) is 0 Å². The first-order valence-electron chi connectivity index (χ1n) is 8.39. The van der Waals surface area contributed by atoms with E-state index in [1.807, 2.05) is 43.3 Å². The van der Waals surface area contributed by atoms with Gasteiger partial charge in [0.15, 0.2) is 0 Å². The molecule has 1 amide bonds. The van der Waals surface area contributed by atoms with Crippen molar-refractivity contribution in [1.82, 2.24) is 20.2 Å². The lowest BCUT2D eigenvalue weighted by Crippen LogP contribution is -2.23. The maximum atomic E-state index is 12.6. The molecule has 0 aliphatic rings. The molecule has 0 radical (unpaired) electrons. The van der Waals surface area contributed by atoms with E-state index < -0.39 is 0 Å². The Morgan fingerprint density at radius 3 is 2.77 bits per heavy atom. The van der Waals surface area contributed by atoms with Gasteiger partial charge in [0.1, 0.15) is 12.3 Å². The summed E-state index contributed by atoms with van der Waals surface area (Å²) in [7, 11) is 0. The highest BCUT2D eigenvalue weighted by atomic mass is 32.2. The van der Waals surface area contributed by atoms with Gasteiger partial charge in [-0.05, 0) is 47.0 Å². The maximum absolute atomic E-state index is 12.6. The van der Waals surface area contributed by atoms with Crippen molar-refractivity contribution in [1.29, 1.82) is 0 Å². The minimum Gasteiger partial charge on any atom is -0.467 e. The lowest BCUT2D eigenvalue weighted by Gasteiger charge is -2.16. The Hall–Kier alpha value is -2.61. The first-order chi connectivity index (χ1) is 12.5. The van der Waals surface area contributed by atoms with Crippen LogP contribution < -0.4 is 5.32 Å².